The van der Waals surface area contributed by atoms with Gasteiger partial charge in [-0.2, -0.15) is 0 Å². The third-order valence-electron chi connectivity index (χ3n) is 3.43. The molecule has 0 aromatic heterocycles. The Balaban J connectivity index is 2.12. The Bertz CT molecular complexity index is 760. The Labute approximate surface area is 141 Å². The fourth-order valence-corrected chi connectivity index (χ4v) is 2.24. The number of ether oxygens (including phenoxy) is 2. The van der Waals surface area contributed by atoms with Crippen LogP contribution < -0.4 is 9.47 Å². The molecule has 0 amide bonds. The van der Waals surface area contributed by atoms with Crippen LogP contribution in [0.3, 0.4) is 0 Å². The first-order valence-electron chi connectivity index (χ1n) is 7.49. The lowest BCUT2D eigenvalue weighted by atomic mass is 10.1. The van der Waals surface area contributed by atoms with Crippen LogP contribution in [0.25, 0.3) is 12.2 Å². The Kier molecular flexibility index (Phi) is 6.34. The summed E-state index contributed by atoms with van der Waals surface area (Å²) in [6, 6.07) is 12.9. The predicted molar refractivity (Wildman–Crippen MR) is 95.0 cm³/mol. The third kappa shape index (κ3) is 4.57. The maximum atomic E-state index is 12.0. The van der Waals surface area contributed by atoms with Gasteiger partial charge in [0, 0.05) is 5.56 Å². The molecule has 0 aliphatic rings. The molecule has 0 heterocycles. The molecule has 2 rings (SSSR count). The van der Waals surface area contributed by atoms with Crippen LogP contribution in [0.2, 0.25) is 0 Å². The van der Waals surface area contributed by atoms with Gasteiger partial charge in [0.1, 0.15) is 0 Å². The average molecular weight is 324 g/mol. The summed E-state index contributed by atoms with van der Waals surface area (Å²) in [7, 11) is 3.13. The maximum absolute atomic E-state index is 12.0. The molecule has 124 valence electrons. The first-order valence-corrected chi connectivity index (χ1v) is 7.49. The smallest absolute Gasteiger partial charge is 0.178 e. The quantitative estimate of drug-likeness (QED) is 0.792. The minimum atomic E-state index is -0.144. The first-order chi connectivity index (χ1) is 11.7. The van der Waals surface area contributed by atoms with Gasteiger partial charge in [0.05, 0.1) is 20.8 Å². The van der Waals surface area contributed by atoms with Gasteiger partial charge in [0.25, 0.3) is 0 Å². The Morgan fingerprint density at radius 1 is 1.04 bits per heavy atom. The summed E-state index contributed by atoms with van der Waals surface area (Å²) in [6.07, 6.45) is 6.37. The molecule has 0 saturated carbocycles. The van der Waals surface area contributed by atoms with Gasteiger partial charge in [-0.15, -0.1) is 0 Å². The van der Waals surface area contributed by atoms with Crippen molar-refractivity contribution >= 4 is 17.9 Å². The van der Waals surface area contributed by atoms with E-state index >= 15 is 0 Å². The number of hydrogen-bond acceptors (Lipinski definition) is 4. The highest BCUT2D eigenvalue weighted by atomic mass is 16.5. The van der Waals surface area contributed by atoms with Gasteiger partial charge in [0.2, 0.25) is 0 Å². The standard InChI is InChI=1S/C20H20O4/c1-23-19-8-4-7-17(20(19)24-2)10-12-18(22)11-9-15-5-3-6-16(13-15)14-21/h3-13,21H,14H2,1-2H3/b11-9+,12-10+. The van der Waals surface area contributed by atoms with Crippen molar-refractivity contribution in [2.24, 2.45) is 0 Å². The molecule has 2 aromatic rings. The summed E-state index contributed by atoms with van der Waals surface area (Å²) in [5.74, 6) is 1.06. The molecule has 0 spiro atoms. The molecule has 0 aliphatic carbocycles. The van der Waals surface area contributed by atoms with Crippen molar-refractivity contribution < 1.29 is 19.4 Å². The van der Waals surface area contributed by atoms with Crippen LogP contribution in [0.15, 0.2) is 54.6 Å². The van der Waals surface area contributed by atoms with E-state index in [-0.39, 0.29) is 12.4 Å². The fourth-order valence-electron chi connectivity index (χ4n) is 2.24. The number of aliphatic hydroxyl groups excluding tert-OH is 1. The molecular weight excluding hydrogens is 304 g/mol. The largest absolute Gasteiger partial charge is 0.493 e. The highest BCUT2D eigenvalue weighted by Crippen LogP contribution is 2.31. The number of aliphatic hydroxyl groups is 1. The summed E-state index contributed by atoms with van der Waals surface area (Å²) in [6.45, 7) is -0.0227. The van der Waals surface area contributed by atoms with Gasteiger partial charge in [-0.1, -0.05) is 36.4 Å². The molecule has 0 bridgehead atoms. The first kappa shape index (κ1) is 17.5. The summed E-state index contributed by atoms with van der Waals surface area (Å²) in [5, 5.41) is 9.12. The third-order valence-corrected chi connectivity index (χ3v) is 3.43. The normalized spacial score (nSPS) is 11.1. The Morgan fingerprint density at radius 3 is 2.50 bits per heavy atom. The molecule has 0 aliphatic heterocycles. The fraction of sp³-hybridized carbons (Fsp3) is 0.150. The second-order valence-electron chi connectivity index (χ2n) is 5.05. The maximum Gasteiger partial charge on any atom is 0.178 e. The van der Waals surface area contributed by atoms with Crippen molar-refractivity contribution in [3.8, 4) is 11.5 Å². The summed E-state index contributed by atoms with van der Waals surface area (Å²) < 4.78 is 10.6. The molecule has 0 saturated heterocycles. The van der Waals surface area contributed by atoms with E-state index in [0.717, 1.165) is 16.7 Å². The van der Waals surface area contributed by atoms with Crippen LogP contribution in [0.5, 0.6) is 11.5 Å². The molecule has 4 heteroatoms. The van der Waals surface area contributed by atoms with E-state index in [2.05, 4.69) is 0 Å². The Morgan fingerprint density at radius 2 is 1.79 bits per heavy atom. The number of hydrogen-bond donors (Lipinski definition) is 1. The Hall–Kier alpha value is -2.85. The van der Waals surface area contributed by atoms with E-state index < -0.39 is 0 Å². The van der Waals surface area contributed by atoms with Crippen molar-refractivity contribution in [2.75, 3.05) is 14.2 Å². The number of carbonyl (C=O) groups excluding carboxylic acids is 1. The number of rotatable bonds is 7. The number of carbonyl (C=O) groups is 1. The minimum Gasteiger partial charge on any atom is -0.493 e. The zero-order valence-electron chi connectivity index (χ0n) is 13.7. The zero-order chi connectivity index (χ0) is 17.4. The monoisotopic (exact) mass is 324 g/mol. The highest BCUT2D eigenvalue weighted by Gasteiger charge is 2.06. The predicted octanol–water partition coefficient (Wildman–Crippen LogP) is 3.49. The molecule has 4 nitrogen and oxygen atoms in total. The van der Waals surface area contributed by atoms with Crippen LogP contribution in [0, 0.1) is 0 Å². The lowest BCUT2D eigenvalue weighted by Crippen LogP contribution is -1.93. The number of methoxy groups -OCH3 is 2. The lowest BCUT2D eigenvalue weighted by molar-refractivity contribution is -0.110. The molecule has 2 aromatic carbocycles. The second-order valence-corrected chi connectivity index (χ2v) is 5.05. The van der Waals surface area contributed by atoms with E-state index in [1.165, 1.54) is 12.2 Å². The van der Waals surface area contributed by atoms with E-state index in [0.29, 0.717) is 11.5 Å². The molecule has 0 radical (unpaired) electrons. The van der Waals surface area contributed by atoms with Crippen LogP contribution in [0.4, 0.5) is 0 Å². The van der Waals surface area contributed by atoms with Gasteiger partial charge in [-0.25, -0.2) is 0 Å². The van der Waals surface area contributed by atoms with Gasteiger partial charge >= 0.3 is 0 Å². The van der Waals surface area contributed by atoms with E-state index in [1.807, 2.05) is 36.4 Å². The van der Waals surface area contributed by atoms with Crippen molar-refractivity contribution in [1.29, 1.82) is 0 Å². The van der Waals surface area contributed by atoms with Crippen molar-refractivity contribution in [1.82, 2.24) is 0 Å². The molecule has 0 atom stereocenters. The van der Waals surface area contributed by atoms with Crippen molar-refractivity contribution in [2.45, 2.75) is 6.61 Å². The van der Waals surface area contributed by atoms with Crippen LogP contribution >= 0.6 is 0 Å². The van der Waals surface area contributed by atoms with Crippen LogP contribution in [0.1, 0.15) is 16.7 Å². The van der Waals surface area contributed by atoms with E-state index in [9.17, 15) is 4.79 Å². The number of para-hydroxylation sites is 1. The molecule has 1 N–H and O–H groups in total. The average Bonchev–Trinajstić information content (AvgIpc) is 2.64. The zero-order valence-corrected chi connectivity index (χ0v) is 13.7. The van der Waals surface area contributed by atoms with Crippen molar-refractivity contribution in [3.05, 3.63) is 71.3 Å². The molecular formula is C20H20O4. The van der Waals surface area contributed by atoms with Crippen LogP contribution in [-0.2, 0) is 11.4 Å². The molecule has 0 fully saturated rings. The van der Waals surface area contributed by atoms with E-state index in [4.69, 9.17) is 14.6 Å². The summed E-state index contributed by atoms with van der Waals surface area (Å²) >= 11 is 0. The highest BCUT2D eigenvalue weighted by molar-refractivity contribution is 6.04. The topological polar surface area (TPSA) is 55.8 Å². The number of benzene rings is 2. The van der Waals surface area contributed by atoms with Crippen molar-refractivity contribution in [3.63, 3.8) is 0 Å². The van der Waals surface area contributed by atoms with E-state index in [1.54, 1.807) is 32.4 Å². The molecule has 0 unspecified atom stereocenters. The SMILES string of the molecule is COc1cccc(/C=C/C(=O)/C=C/c2cccc(CO)c2)c1OC. The lowest BCUT2D eigenvalue weighted by Gasteiger charge is -2.09. The number of ketones is 1. The summed E-state index contributed by atoms with van der Waals surface area (Å²) in [4.78, 5) is 12.0. The minimum absolute atomic E-state index is 0.0227. The number of allylic oxidation sites excluding steroid dienone is 2. The van der Waals surface area contributed by atoms with Crippen LogP contribution in [-0.4, -0.2) is 25.1 Å². The molecule has 24 heavy (non-hydrogen) atoms. The van der Waals surface area contributed by atoms with Gasteiger partial charge < -0.3 is 14.6 Å². The van der Waals surface area contributed by atoms with Gasteiger partial charge in [-0.05, 0) is 41.5 Å². The van der Waals surface area contributed by atoms with Gasteiger partial charge in [-0.3, -0.25) is 4.79 Å². The van der Waals surface area contributed by atoms with Gasteiger partial charge in [0.15, 0.2) is 17.3 Å². The second kappa shape index (κ2) is 8.70. The summed E-state index contributed by atoms with van der Waals surface area (Å²) in [5.41, 5.74) is 2.43.